The van der Waals surface area contributed by atoms with Crippen LogP contribution in [0.4, 0.5) is 4.39 Å². The first-order chi connectivity index (χ1) is 6.33. The first-order valence-corrected chi connectivity index (χ1v) is 4.83. The van der Waals surface area contributed by atoms with Crippen LogP contribution in [0.2, 0.25) is 0 Å². The molecule has 1 N–H and O–H groups in total. The quantitative estimate of drug-likeness (QED) is 0.735. The molecule has 2 heteroatoms. The van der Waals surface area contributed by atoms with Crippen molar-refractivity contribution in [1.82, 2.24) is 5.32 Å². The number of benzene rings is 1. The Balaban J connectivity index is 2.37. The molecule has 1 aromatic rings. The predicted octanol–water partition coefficient (Wildman–Crippen LogP) is 2.42. The summed E-state index contributed by atoms with van der Waals surface area (Å²) in [4.78, 5) is 0. The van der Waals surface area contributed by atoms with Crippen LogP contribution in [0.1, 0.15) is 30.5 Å². The molecule has 1 aromatic carbocycles. The van der Waals surface area contributed by atoms with Crippen LogP contribution in [-0.4, -0.2) is 6.54 Å². The number of halogens is 1. The second-order valence-corrected chi connectivity index (χ2v) is 3.46. The Morgan fingerprint density at radius 1 is 1.54 bits per heavy atom. The van der Waals surface area contributed by atoms with Crippen LogP contribution >= 0.6 is 0 Å². The van der Waals surface area contributed by atoms with Gasteiger partial charge in [-0.15, -0.1) is 0 Å². The molecule has 1 atom stereocenters. The minimum Gasteiger partial charge on any atom is -0.310 e. The van der Waals surface area contributed by atoms with Crippen LogP contribution in [-0.2, 0) is 6.42 Å². The molecule has 1 nitrogen and oxygen atoms in total. The molecule has 0 aliphatic carbocycles. The third-order valence-electron chi connectivity index (χ3n) is 2.71. The summed E-state index contributed by atoms with van der Waals surface area (Å²) in [7, 11) is 0. The SMILES string of the molecule is CCc1c(F)cccc1C1CCN1. The third kappa shape index (κ3) is 1.46. The molecule has 1 aliphatic heterocycles. The Hall–Kier alpha value is -0.890. The summed E-state index contributed by atoms with van der Waals surface area (Å²) in [5.41, 5.74) is 2.02. The lowest BCUT2D eigenvalue weighted by molar-refractivity contribution is 0.379. The normalized spacial score (nSPS) is 21.2. The Morgan fingerprint density at radius 2 is 2.31 bits per heavy atom. The molecule has 1 aliphatic rings. The van der Waals surface area contributed by atoms with Crippen molar-refractivity contribution in [2.24, 2.45) is 0 Å². The van der Waals surface area contributed by atoms with E-state index in [0.717, 1.165) is 30.5 Å². The first-order valence-electron chi connectivity index (χ1n) is 4.83. The van der Waals surface area contributed by atoms with Gasteiger partial charge in [-0.3, -0.25) is 0 Å². The van der Waals surface area contributed by atoms with E-state index in [4.69, 9.17) is 0 Å². The molecular weight excluding hydrogens is 165 g/mol. The first kappa shape index (κ1) is 8.70. The predicted molar refractivity (Wildman–Crippen MR) is 51.1 cm³/mol. The molecule has 13 heavy (non-hydrogen) atoms. The van der Waals surface area contributed by atoms with Gasteiger partial charge < -0.3 is 5.32 Å². The van der Waals surface area contributed by atoms with Crippen molar-refractivity contribution in [1.29, 1.82) is 0 Å². The zero-order valence-corrected chi connectivity index (χ0v) is 7.81. The largest absolute Gasteiger partial charge is 0.310 e. The molecule has 0 bridgehead atoms. The van der Waals surface area contributed by atoms with Gasteiger partial charge in [0.25, 0.3) is 0 Å². The molecule has 1 heterocycles. The maximum absolute atomic E-state index is 13.3. The van der Waals surface area contributed by atoms with Gasteiger partial charge in [0.1, 0.15) is 5.82 Å². The molecule has 0 aromatic heterocycles. The summed E-state index contributed by atoms with van der Waals surface area (Å²) in [5, 5.41) is 3.30. The van der Waals surface area contributed by atoms with Crippen molar-refractivity contribution < 1.29 is 4.39 Å². The average Bonchev–Trinajstić information content (AvgIpc) is 2.01. The second kappa shape index (κ2) is 3.46. The zero-order chi connectivity index (χ0) is 9.26. The van der Waals surface area contributed by atoms with E-state index >= 15 is 0 Å². The standard InChI is InChI=1S/C11H14FN/c1-2-8-9(11-6-7-13-11)4-3-5-10(8)12/h3-5,11,13H,2,6-7H2,1H3. The zero-order valence-electron chi connectivity index (χ0n) is 7.81. The van der Waals surface area contributed by atoms with Gasteiger partial charge in [-0.2, -0.15) is 0 Å². The van der Waals surface area contributed by atoms with Gasteiger partial charge in [0, 0.05) is 6.04 Å². The van der Waals surface area contributed by atoms with E-state index in [0.29, 0.717) is 6.04 Å². The minimum atomic E-state index is -0.0614. The summed E-state index contributed by atoms with van der Waals surface area (Å²) in [6, 6.07) is 5.76. The summed E-state index contributed by atoms with van der Waals surface area (Å²) in [6.07, 6.45) is 1.91. The van der Waals surface area contributed by atoms with Crippen molar-refractivity contribution in [3.8, 4) is 0 Å². The summed E-state index contributed by atoms with van der Waals surface area (Å²) >= 11 is 0. The molecule has 2 rings (SSSR count). The Kier molecular flexibility index (Phi) is 2.32. The van der Waals surface area contributed by atoms with Gasteiger partial charge in [-0.05, 0) is 36.6 Å². The lowest BCUT2D eigenvalue weighted by Crippen LogP contribution is -2.35. The lowest BCUT2D eigenvalue weighted by atomic mass is 9.92. The van der Waals surface area contributed by atoms with Crippen LogP contribution < -0.4 is 5.32 Å². The van der Waals surface area contributed by atoms with Crippen LogP contribution in [0.5, 0.6) is 0 Å². The number of nitrogens with one attached hydrogen (secondary N) is 1. The Morgan fingerprint density at radius 3 is 2.85 bits per heavy atom. The topological polar surface area (TPSA) is 12.0 Å². The van der Waals surface area contributed by atoms with Crippen molar-refractivity contribution in [2.75, 3.05) is 6.54 Å². The van der Waals surface area contributed by atoms with Gasteiger partial charge in [-0.25, -0.2) is 4.39 Å². The van der Waals surface area contributed by atoms with Crippen molar-refractivity contribution in [2.45, 2.75) is 25.8 Å². The summed E-state index contributed by atoms with van der Waals surface area (Å²) in [5.74, 6) is -0.0614. The van der Waals surface area contributed by atoms with Gasteiger partial charge >= 0.3 is 0 Å². The highest BCUT2D eigenvalue weighted by atomic mass is 19.1. The van der Waals surface area contributed by atoms with Crippen molar-refractivity contribution >= 4 is 0 Å². The highest BCUT2D eigenvalue weighted by Crippen LogP contribution is 2.27. The molecule has 70 valence electrons. The van der Waals surface area contributed by atoms with Gasteiger partial charge in [-0.1, -0.05) is 19.1 Å². The van der Waals surface area contributed by atoms with Crippen LogP contribution in [0, 0.1) is 5.82 Å². The van der Waals surface area contributed by atoms with Gasteiger partial charge in [0.15, 0.2) is 0 Å². The molecule has 1 saturated heterocycles. The van der Waals surface area contributed by atoms with E-state index in [2.05, 4.69) is 5.32 Å². The second-order valence-electron chi connectivity index (χ2n) is 3.46. The fourth-order valence-corrected chi connectivity index (χ4v) is 1.83. The highest BCUT2D eigenvalue weighted by Gasteiger charge is 2.21. The van der Waals surface area contributed by atoms with Crippen molar-refractivity contribution in [3.05, 3.63) is 35.1 Å². The average molecular weight is 179 g/mol. The number of hydrogen-bond acceptors (Lipinski definition) is 1. The van der Waals surface area contributed by atoms with E-state index < -0.39 is 0 Å². The molecule has 0 amide bonds. The fraction of sp³-hybridized carbons (Fsp3) is 0.455. The molecular formula is C11H14FN. The fourth-order valence-electron chi connectivity index (χ4n) is 1.83. The monoisotopic (exact) mass is 179 g/mol. The van der Waals surface area contributed by atoms with E-state index in [1.54, 1.807) is 12.1 Å². The lowest BCUT2D eigenvalue weighted by Gasteiger charge is -2.29. The van der Waals surface area contributed by atoms with Crippen LogP contribution in [0.15, 0.2) is 18.2 Å². The van der Waals surface area contributed by atoms with E-state index in [-0.39, 0.29) is 5.82 Å². The van der Waals surface area contributed by atoms with E-state index in [1.165, 1.54) is 0 Å². The van der Waals surface area contributed by atoms with E-state index in [9.17, 15) is 4.39 Å². The maximum Gasteiger partial charge on any atom is 0.126 e. The molecule has 0 saturated carbocycles. The molecule has 1 fully saturated rings. The smallest absolute Gasteiger partial charge is 0.126 e. The van der Waals surface area contributed by atoms with Crippen LogP contribution in [0.3, 0.4) is 0 Å². The van der Waals surface area contributed by atoms with Crippen LogP contribution in [0.25, 0.3) is 0 Å². The third-order valence-corrected chi connectivity index (χ3v) is 2.71. The van der Waals surface area contributed by atoms with Gasteiger partial charge in [0.05, 0.1) is 0 Å². The van der Waals surface area contributed by atoms with Gasteiger partial charge in [0.2, 0.25) is 0 Å². The molecule has 1 unspecified atom stereocenters. The summed E-state index contributed by atoms with van der Waals surface area (Å²) in [6.45, 7) is 3.06. The van der Waals surface area contributed by atoms with Crippen molar-refractivity contribution in [3.63, 3.8) is 0 Å². The highest BCUT2D eigenvalue weighted by molar-refractivity contribution is 5.32. The minimum absolute atomic E-state index is 0.0614. The Labute approximate surface area is 78.0 Å². The Bertz CT molecular complexity index is 305. The summed E-state index contributed by atoms with van der Waals surface area (Å²) < 4.78 is 13.3. The number of rotatable bonds is 2. The molecule has 0 spiro atoms. The molecule has 0 radical (unpaired) electrons. The number of hydrogen-bond donors (Lipinski definition) is 1. The maximum atomic E-state index is 13.3. The van der Waals surface area contributed by atoms with E-state index in [1.807, 2.05) is 13.0 Å².